The lowest BCUT2D eigenvalue weighted by molar-refractivity contribution is 0.829. The van der Waals surface area contributed by atoms with Crippen LogP contribution in [0.5, 0.6) is 0 Å². The Morgan fingerprint density at radius 1 is 0.654 bits per heavy atom. The summed E-state index contributed by atoms with van der Waals surface area (Å²) in [5.74, 6) is 0. The number of aryl methyl sites for hydroxylation is 1. The van der Waals surface area contributed by atoms with Crippen LogP contribution in [0.2, 0.25) is 0 Å². The molecule has 6 aromatic rings. The summed E-state index contributed by atoms with van der Waals surface area (Å²) in [6.45, 7) is 3.22. The van der Waals surface area contributed by atoms with Gasteiger partial charge in [-0.3, -0.25) is 0 Å². The Bertz CT molecular complexity index is 1470. The highest BCUT2D eigenvalue weighted by Crippen LogP contribution is 2.41. The topological polar surface area (TPSA) is 4.93 Å². The van der Waals surface area contributed by atoms with Crippen LogP contribution in [0.25, 0.3) is 52.8 Å². The molecule has 4 aromatic carbocycles. The minimum absolute atomic E-state index is 0.980. The van der Waals surface area contributed by atoms with Gasteiger partial charge in [-0.05, 0) is 19.1 Å². The number of fused-ring (bicyclic) bond motifs is 9. The Balaban J connectivity index is 1.88. The van der Waals surface area contributed by atoms with Gasteiger partial charge in [-0.2, -0.15) is 0 Å². The van der Waals surface area contributed by atoms with Gasteiger partial charge >= 0.3 is 0 Å². The van der Waals surface area contributed by atoms with Crippen molar-refractivity contribution < 1.29 is 0 Å². The average molecular weight is 351 g/mol. The van der Waals surface area contributed by atoms with Crippen molar-refractivity contribution in [2.75, 3.05) is 0 Å². The van der Waals surface area contributed by atoms with Gasteiger partial charge in [-0.1, -0.05) is 60.7 Å². The van der Waals surface area contributed by atoms with Crippen molar-refractivity contribution >= 4 is 64.1 Å². The lowest BCUT2D eigenvalue weighted by Crippen LogP contribution is -1.93. The fourth-order valence-corrected chi connectivity index (χ4v) is 5.70. The monoisotopic (exact) mass is 351 g/mol. The summed E-state index contributed by atoms with van der Waals surface area (Å²) in [5, 5.41) is 8.17. The van der Waals surface area contributed by atoms with Crippen molar-refractivity contribution in [2.24, 2.45) is 0 Å². The quantitative estimate of drug-likeness (QED) is 0.292. The van der Waals surface area contributed by atoms with Gasteiger partial charge in [-0.25, -0.2) is 0 Å². The van der Waals surface area contributed by atoms with Crippen molar-refractivity contribution in [1.29, 1.82) is 0 Å². The van der Waals surface area contributed by atoms with Crippen LogP contribution in [-0.4, -0.2) is 4.57 Å². The van der Waals surface area contributed by atoms with Crippen LogP contribution >= 0.6 is 11.3 Å². The second-order valence-electron chi connectivity index (χ2n) is 6.86. The van der Waals surface area contributed by atoms with Crippen LogP contribution in [-0.2, 0) is 6.54 Å². The first-order chi connectivity index (χ1) is 12.9. The average Bonchev–Trinajstić information content (AvgIpc) is 3.23. The van der Waals surface area contributed by atoms with Crippen LogP contribution in [0.1, 0.15) is 6.92 Å². The van der Waals surface area contributed by atoms with E-state index in [1.807, 2.05) is 11.3 Å². The van der Waals surface area contributed by atoms with E-state index in [2.05, 4.69) is 84.3 Å². The van der Waals surface area contributed by atoms with E-state index in [1.54, 1.807) is 0 Å². The highest BCUT2D eigenvalue weighted by atomic mass is 32.1. The van der Waals surface area contributed by atoms with Gasteiger partial charge in [0.1, 0.15) is 0 Å². The van der Waals surface area contributed by atoms with E-state index in [0.29, 0.717) is 0 Å². The van der Waals surface area contributed by atoms with Crippen molar-refractivity contribution in [1.82, 2.24) is 4.57 Å². The standard InChI is InChI=1S/C24H17NS/c1-2-25-21-9-5-3-7-15(21)17-11-14-20-18(23(17)25)12-13-19-16-8-4-6-10-22(16)26-24(19)20/h3-14H,2H2,1H3. The molecule has 0 aliphatic rings. The SMILES string of the molecule is CCn1c2ccccc2c2ccc3c(ccc4c5ccccc5sc43)c21. The summed E-state index contributed by atoms with van der Waals surface area (Å²) in [5.41, 5.74) is 2.69. The lowest BCUT2D eigenvalue weighted by atomic mass is 10.0. The molecule has 6 rings (SSSR count). The Labute approximate surface area is 155 Å². The molecule has 0 fully saturated rings. The molecule has 2 aromatic heterocycles. The molecule has 0 saturated heterocycles. The largest absolute Gasteiger partial charge is 0.340 e. The van der Waals surface area contributed by atoms with Gasteiger partial charge in [0.15, 0.2) is 0 Å². The molecule has 1 nitrogen and oxygen atoms in total. The fraction of sp³-hybridized carbons (Fsp3) is 0.0833. The number of nitrogens with zero attached hydrogens (tertiary/aromatic N) is 1. The predicted molar refractivity (Wildman–Crippen MR) is 116 cm³/mol. The van der Waals surface area contributed by atoms with Gasteiger partial charge in [-0.15, -0.1) is 11.3 Å². The Morgan fingerprint density at radius 2 is 1.27 bits per heavy atom. The normalized spacial score (nSPS) is 12.2. The third-order valence-corrected chi connectivity index (χ3v) is 6.80. The summed E-state index contributed by atoms with van der Waals surface area (Å²) >= 11 is 1.91. The van der Waals surface area contributed by atoms with Crippen LogP contribution in [0, 0.1) is 0 Å². The molecule has 2 heterocycles. The first kappa shape index (κ1) is 14.3. The van der Waals surface area contributed by atoms with Gasteiger partial charge in [0, 0.05) is 53.8 Å². The highest BCUT2D eigenvalue weighted by Gasteiger charge is 2.15. The lowest BCUT2D eigenvalue weighted by Gasteiger charge is -2.07. The van der Waals surface area contributed by atoms with E-state index >= 15 is 0 Å². The van der Waals surface area contributed by atoms with Crippen LogP contribution in [0.15, 0.2) is 72.8 Å². The predicted octanol–water partition coefficient (Wildman–Crippen LogP) is 7.34. The molecule has 124 valence electrons. The number of benzene rings is 4. The Morgan fingerprint density at radius 3 is 2.08 bits per heavy atom. The molecular formula is C24H17NS. The summed E-state index contributed by atoms with van der Waals surface area (Å²) in [7, 11) is 0. The molecule has 0 atom stereocenters. The minimum atomic E-state index is 0.980. The van der Waals surface area contributed by atoms with Crippen molar-refractivity contribution in [3.63, 3.8) is 0 Å². The molecule has 0 bridgehead atoms. The summed E-state index contributed by atoms with van der Waals surface area (Å²) in [4.78, 5) is 0. The Hall–Kier alpha value is -2.84. The number of rotatable bonds is 1. The number of thiophene rings is 1. The maximum absolute atomic E-state index is 2.46. The minimum Gasteiger partial charge on any atom is -0.340 e. The zero-order chi connectivity index (χ0) is 17.3. The maximum atomic E-state index is 2.46. The van der Waals surface area contributed by atoms with Gasteiger partial charge in [0.2, 0.25) is 0 Å². The molecule has 0 spiro atoms. The molecule has 0 unspecified atom stereocenters. The van der Waals surface area contributed by atoms with E-state index in [4.69, 9.17) is 0 Å². The van der Waals surface area contributed by atoms with Gasteiger partial charge in [0.05, 0.1) is 5.52 Å². The summed E-state index contributed by atoms with van der Waals surface area (Å²) < 4.78 is 5.23. The van der Waals surface area contributed by atoms with E-state index in [0.717, 1.165) is 6.54 Å². The van der Waals surface area contributed by atoms with Crippen molar-refractivity contribution in [3.05, 3.63) is 72.8 Å². The maximum Gasteiger partial charge on any atom is 0.0571 e. The van der Waals surface area contributed by atoms with E-state index in [1.165, 1.54) is 52.8 Å². The van der Waals surface area contributed by atoms with Crippen molar-refractivity contribution in [3.8, 4) is 0 Å². The van der Waals surface area contributed by atoms with Crippen LogP contribution in [0.4, 0.5) is 0 Å². The molecule has 0 aliphatic heterocycles. The van der Waals surface area contributed by atoms with Crippen molar-refractivity contribution in [2.45, 2.75) is 13.5 Å². The first-order valence-corrected chi connectivity index (χ1v) is 9.92. The first-order valence-electron chi connectivity index (χ1n) is 9.10. The summed E-state index contributed by atoms with van der Waals surface area (Å²) in [6, 6.07) is 26.8. The molecule has 2 heteroatoms. The second kappa shape index (κ2) is 5.09. The molecule has 0 N–H and O–H groups in total. The number of aromatic nitrogens is 1. The summed E-state index contributed by atoms with van der Waals surface area (Å²) in [6.07, 6.45) is 0. The van der Waals surface area contributed by atoms with E-state index < -0.39 is 0 Å². The van der Waals surface area contributed by atoms with Crippen LogP contribution < -0.4 is 0 Å². The van der Waals surface area contributed by atoms with E-state index in [-0.39, 0.29) is 0 Å². The van der Waals surface area contributed by atoms with Gasteiger partial charge in [0.25, 0.3) is 0 Å². The zero-order valence-corrected chi connectivity index (χ0v) is 15.3. The molecule has 0 saturated carbocycles. The van der Waals surface area contributed by atoms with Crippen LogP contribution in [0.3, 0.4) is 0 Å². The molecular weight excluding hydrogens is 334 g/mol. The number of para-hydroxylation sites is 1. The van der Waals surface area contributed by atoms with E-state index in [9.17, 15) is 0 Å². The smallest absolute Gasteiger partial charge is 0.0571 e. The fourth-order valence-electron chi connectivity index (χ4n) is 4.47. The zero-order valence-electron chi connectivity index (χ0n) is 14.5. The molecule has 26 heavy (non-hydrogen) atoms. The Kier molecular flexibility index (Phi) is 2.81. The van der Waals surface area contributed by atoms with Gasteiger partial charge < -0.3 is 4.57 Å². The third kappa shape index (κ3) is 1.70. The number of hydrogen-bond acceptors (Lipinski definition) is 1. The molecule has 0 aliphatic carbocycles. The number of hydrogen-bond donors (Lipinski definition) is 0. The second-order valence-corrected chi connectivity index (χ2v) is 7.91. The molecule has 0 radical (unpaired) electrons. The highest BCUT2D eigenvalue weighted by molar-refractivity contribution is 7.26. The molecule has 0 amide bonds. The third-order valence-electron chi connectivity index (χ3n) is 5.58.